The molecule has 0 bridgehead atoms. The van der Waals surface area contributed by atoms with Gasteiger partial charge in [-0.1, -0.05) is 30.8 Å². The minimum Gasteiger partial charge on any atom is -0.360 e. The molecule has 4 nitrogen and oxygen atoms in total. The maximum absolute atomic E-state index is 11.8. The van der Waals surface area contributed by atoms with Crippen LogP contribution in [-0.2, 0) is 10.5 Å². The predicted molar refractivity (Wildman–Crippen MR) is 77.0 cm³/mol. The van der Waals surface area contributed by atoms with E-state index in [9.17, 15) is 4.79 Å². The SMILES string of the molecule is Cc1cc(CSCC(=O)NC2CCCCCC2)on1. The summed E-state index contributed by atoms with van der Waals surface area (Å²) in [5.41, 5.74) is 0.888. The summed E-state index contributed by atoms with van der Waals surface area (Å²) in [5, 5.41) is 6.97. The van der Waals surface area contributed by atoms with Crippen LogP contribution >= 0.6 is 11.8 Å². The standard InChI is InChI=1S/C14H22N2O2S/c1-11-8-13(18-16-11)9-19-10-14(17)15-12-6-4-2-3-5-7-12/h8,12H,2-7,9-10H2,1H3,(H,15,17). The van der Waals surface area contributed by atoms with Crippen LogP contribution in [0.2, 0.25) is 0 Å². The number of aromatic nitrogens is 1. The highest BCUT2D eigenvalue weighted by Crippen LogP contribution is 2.18. The number of nitrogens with zero attached hydrogens (tertiary/aromatic N) is 1. The van der Waals surface area contributed by atoms with Crippen molar-refractivity contribution in [2.24, 2.45) is 0 Å². The minimum absolute atomic E-state index is 0.146. The Morgan fingerprint density at radius 3 is 2.79 bits per heavy atom. The second kappa shape index (κ2) is 7.58. The first kappa shape index (κ1) is 14.4. The molecule has 1 aliphatic rings. The number of carbonyl (C=O) groups is 1. The lowest BCUT2D eigenvalue weighted by Crippen LogP contribution is -2.35. The molecule has 0 spiro atoms. The van der Waals surface area contributed by atoms with E-state index >= 15 is 0 Å². The zero-order chi connectivity index (χ0) is 13.5. The van der Waals surface area contributed by atoms with Gasteiger partial charge in [0.15, 0.2) is 0 Å². The van der Waals surface area contributed by atoms with Gasteiger partial charge < -0.3 is 9.84 Å². The van der Waals surface area contributed by atoms with Crippen molar-refractivity contribution in [2.75, 3.05) is 5.75 Å². The van der Waals surface area contributed by atoms with Crippen molar-refractivity contribution >= 4 is 17.7 Å². The van der Waals surface area contributed by atoms with Crippen molar-refractivity contribution in [2.45, 2.75) is 57.2 Å². The van der Waals surface area contributed by atoms with Crippen molar-refractivity contribution in [3.05, 3.63) is 17.5 Å². The molecular weight excluding hydrogens is 260 g/mol. The van der Waals surface area contributed by atoms with Gasteiger partial charge >= 0.3 is 0 Å². The Balaban J connectivity index is 1.63. The zero-order valence-corrected chi connectivity index (χ0v) is 12.3. The molecular formula is C14H22N2O2S. The first-order chi connectivity index (χ1) is 9.24. The van der Waals surface area contributed by atoms with Gasteiger partial charge in [0.2, 0.25) is 5.91 Å². The fraction of sp³-hybridized carbons (Fsp3) is 0.714. The molecule has 0 unspecified atom stereocenters. The molecule has 0 aliphatic heterocycles. The molecule has 5 heteroatoms. The first-order valence-electron chi connectivity index (χ1n) is 7.03. The average Bonchev–Trinajstić information content (AvgIpc) is 2.63. The third kappa shape index (κ3) is 5.27. The van der Waals surface area contributed by atoms with E-state index in [0.717, 1.165) is 24.3 Å². The Labute approximate surface area is 118 Å². The summed E-state index contributed by atoms with van der Waals surface area (Å²) < 4.78 is 5.11. The van der Waals surface area contributed by atoms with Crippen LogP contribution in [0.4, 0.5) is 0 Å². The van der Waals surface area contributed by atoms with Crippen LogP contribution in [0.1, 0.15) is 50.0 Å². The van der Waals surface area contributed by atoms with Crippen LogP contribution in [0.3, 0.4) is 0 Å². The summed E-state index contributed by atoms with van der Waals surface area (Å²) in [6, 6.07) is 2.30. The predicted octanol–water partition coefficient (Wildman–Crippen LogP) is 3.06. The largest absolute Gasteiger partial charge is 0.360 e. The monoisotopic (exact) mass is 282 g/mol. The molecule has 1 aromatic rings. The Morgan fingerprint density at radius 2 is 2.16 bits per heavy atom. The van der Waals surface area contributed by atoms with E-state index in [-0.39, 0.29) is 5.91 Å². The maximum Gasteiger partial charge on any atom is 0.230 e. The molecule has 1 aliphatic carbocycles. The number of carbonyl (C=O) groups excluding carboxylic acids is 1. The maximum atomic E-state index is 11.8. The average molecular weight is 282 g/mol. The van der Waals surface area contributed by atoms with Gasteiger partial charge in [-0.25, -0.2) is 0 Å². The lowest BCUT2D eigenvalue weighted by molar-refractivity contribution is -0.119. The normalized spacial score (nSPS) is 17.1. The quantitative estimate of drug-likeness (QED) is 0.843. The molecule has 106 valence electrons. The van der Waals surface area contributed by atoms with Crippen LogP contribution in [0.15, 0.2) is 10.6 Å². The third-order valence-corrected chi connectivity index (χ3v) is 4.33. The van der Waals surface area contributed by atoms with E-state index in [1.807, 2.05) is 13.0 Å². The van der Waals surface area contributed by atoms with E-state index in [4.69, 9.17) is 4.52 Å². The highest BCUT2D eigenvalue weighted by molar-refractivity contribution is 7.99. The molecule has 0 saturated heterocycles. The zero-order valence-electron chi connectivity index (χ0n) is 11.5. The summed E-state index contributed by atoms with van der Waals surface area (Å²) in [6.07, 6.45) is 7.39. The number of rotatable bonds is 5. The van der Waals surface area contributed by atoms with Gasteiger partial charge in [0.05, 0.1) is 17.2 Å². The molecule has 1 heterocycles. The fourth-order valence-electron chi connectivity index (χ4n) is 2.42. The number of hydrogen-bond donors (Lipinski definition) is 1. The molecule has 1 N–H and O–H groups in total. The van der Waals surface area contributed by atoms with Crippen molar-refractivity contribution in [1.82, 2.24) is 10.5 Å². The summed E-state index contributed by atoms with van der Waals surface area (Å²) in [5.74, 6) is 2.19. The van der Waals surface area contributed by atoms with Gasteiger partial charge in [-0.2, -0.15) is 0 Å². The van der Waals surface area contributed by atoms with Crippen molar-refractivity contribution in [1.29, 1.82) is 0 Å². The van der Waals surface area contributed by atoms with Gasteiger partial charge in [0.25, 0.3) is 0 Å². The summed E-state index contributed by atoms with van der Waals surface area (Å²) in [6.45, 7) is 1.90. The van der Waals surface area contributed by atoms with E-state index in [1.165, 1.54) is 25.7 Å². The molecule has 0 aromatic carbocycles. The van der Waals surface area contributed by atoms with Crippen molar-refractivity contribution in [3.63, 3.8) is 0 Å². The summed E-state index contributed by atoms with van der Waals surface area (Å²) >= 11 is 1.58. The summed E-state index contributed by atoms with van der Waals surface area (Å²) in [7, 11) is 0. The molecule has 0 radical (unpaired) electrons. The highest BCUT2D eigenvalue weighted by atomic mass is 32.2. The van der Waals surface area contributed by atoms with E-state index in [0.29, 0.717) is 17.5 Å². The Morgan fingerprint density at radius 1 is 1.42 bits per heavy atom. The van der Waals surface area contributed by atoms with Crippen molar-refractivity contribution < 1.29 is 9.32 Å². The number of thioether (sulfide) groups is 1. The second-order valence-electron chi connectivity index (χ2n) is 5.18. The molecule has 1 saturated carbocycles. The van der Waals surface area contributed by atoms with Crippen LogP contribution in [0.25, 0.3) is 0 Å². The number of amides is 1. The van der Waals surface area contributed by atoms with Gasteiger partial charge in [-0.3, -0.25) is 4.79 Å². The molecule has 1 fully saturated rings. The minimum atomic E-state index is 0.146. The van der Waals surface area contributed by atoms with Gasteiger partial charge in [-0.05, 0) is 19.8 Å². The molecule has 1 aromatic heterocycles. The molecule has 19 heavy (non-hydrogen) atoms. The number of nitrogens with one attached hydrogen (secondary N) is 1. The van der Waals surface area contributed by atoms with Gasteiger partial charge in [0, 0.05) is 12.1 Å². The van der Waals surface area contributed by atoms with E-state index in [1.54, 1.807) is 11.8 Å². The molecule has 2 rings (SSSR count). The number of aryl methyl sites for hydroxylation is 1. The Hall–Kier alpha value is -0.970. The molecule has 0 atom stereocenters. The smallest absolute Gasteiger partial charge is 0.230 e. The second-order valence-corrected chi connectivity index (χ2v) is 6.17. The lowest BCUT2D eigenvalue weighted by Gasteiger charge is -2.15. The van der Waals surface area contributed by atoms with Crippen LogP contribution < -0.4 is 5.32 Å². The third-order valence-electron chi connectivity index (χ3n) is 3.37. The first-order valence-corrected chi connectivity index (χ1v) is 8.19. The lowest BCUT2D eigenvalue weighted by atomic mass is 10.1. The van der Waals surface area contributed by atoms with Crippen LogP contribution in [0, 0.1) is 6.92 Å². The van der Waals surface area contributed by atoms with E-state index < -0.39 is 0 Å². The number of hydrogen-bond acceptors (Lipinski definition) is 4. The highest BCUT2D eigenvalue weighted by Gasteiger charge is 2.14. The Bertz CT molecular complexity index is 398. The molecule has 1 amide bonds. The Kier molecular flexibility index (Phi) is 5.76. The van der Waals surface area contributed by atoms with E-state index in [2.05, 4.69) is 10.5 Å². The van der Waals surface area contributed by atoms with Crippen LogP contribution in [0.5, 0.6) is 0 Å². The van der Waals surface area contributed by atoms with Crippen molar-refractivity contribution in [3.8, 4) is 0 Å². The fourth-order valence-corrected chi connectivity index (χ4v) is 3.13. The summed E-state index contributed by atoms with van der Waals surface area (Å²) in [4.78, 5) is 11.8. The van der Waals surface area contributed by atoms with Gasteiger partial charge in [0.1, 0.15) is 5.76 Å². The topological polar surface area (TPSA) is 55.1 Å². The van der Waals surface area contributed by atoms with Crippen LogP contribution in [-0.4, -0.2) is 22.9 Å². The van der Waals surface area contributed by atoms with Gasteiger partial charge in [-0.15, -0.1) is 11.8 Å².